The Morgan fingerprint density at radius 2 is 1.68 bits per heavy atom. The van der Waals surface area contributed by atoms with Crippen LogP contribution in [-0.4, -0.2) is 51.3 Å². The average Bonchev–Trinajstić information content (AvgIpc) is 2.59. The molecule has 0 N–H and O–H groups in total. The molecule has 0 spiro atoms. The molecule has 6 nitrogen and oxygen atoms in total. The van der Waals surface area contributed by atoms with Crippen LogP contribution in [0.25, 0.3) is 0 Å². The zero-order chi connectivity index (χ0) is 17.9. The molecule has 0 atom stereocenters. The molecule has 1 aliphatic heterocycles. The maximum atomic E-state index is 12.6. The van der Waals surface area contributed by atoms with E-state index in [9.17, 15) is 13.2 Å². The van der Waals surface area contributed by atoms with Crippen LogP contribution in [0.15, 0.2) is 59.5 Å². The van der Waals surface area contributed by atoms with Crippen molar-refractivity contribution in [2.45, 2.75) is 10.1 Å². The van der Waals surface area contributed by atoms with E-state index in [1.54, 1.807) is 24.3 Å². The van der Waals surface area contributed by atoms with E-state index in [2.05, 4.69) is 0 Å². The molecule has 0 unspecified atom stereocenters. The first-order chi connectivity index (χ1) is 12.0. The molecule has 1 saturated heterocycles. The Kier molecular flexibility index (Phi) is 4.94. The van der Waals surface area contributed by atoms with Crippen molar-refractivity contribution in [1.82, 2.24) is 4.90 Å². The molecule has 25 heavy (non-hydrogen) atoms. The van der Waals surface area contributed by atoms with E-state index >= 15 is 0 Å². The Hall–Kier alpha value is -2.54. The number of carbonyl (C=O) groups excluding carboxylic acids is 1. The van der Waals surface area contributed by atoms with Gasteiger partial charge in [-0.3, -0.25) is 4.79 Å². The predicted molar refractivity (Wildman–Crippen MR) is 92.5 cm³/mol. The molecule has 0 saturated carbocycles. The zero-order valence-electron chi connectivity index (χ0n) is 13.8. The standard InChI is InChI=1S/C18H19NO5S/c1-23-14-7-9-16(10-8-14)25(21,22)17-11-19(12-17)18(20)13-24-15-5-3-2-4-6-15/h2-10,17H,11-13H2,1H3. The van der Waals surface area contributed by atoms with Gasteiger partial charge < -0.3 is 14.4 Å². The normalized spacial score (nSPS) is 14.7. The second-order valence-corrected chi connectivity index (χ2v) is 7.97. The van der Waals surface area contributed by atoms with E-state index in [4.69, 9.17) is 9.47 Å². The molecule has 0 aliphatic carbocycles. The summed E-state index contributed by atoms with van der Waals surface area (Å²) in [5.41, 5.74) is 0. The van der Waals surface area contributed by atoms with Gasteiger partial charge in [-0.25, -0.2) is 8.42 Å². The van der Waals surface area contributed by atoms with Crippen LogP contribution >= 0.6 is 0 Å². The lowest BCUT2D eigenvalue weighted by molar-refractivity contribution is -0.136. The molecule has 132 valence electrons. The van der Waals surface area contributed by atoms with Crippen LogP contribution in [0.5, 0.6) is 11.5 Å². The smallest absolute Gasteiger partial charge is 0.260 e. The van der Waals surface area contributed by atoms with E-state index in [1.807, 2.05) is 18.2 Å². The van der Waals surface area contributed by atoms with Gasteiger partial charge in [0.2, 0.25) is 0 Å². The summed E-state index contributed by atoms with van der Waals surface area (Å²) < 4.78 is 35.5. The molecule has 0 aromatic heterocycles. The lowest BCUT2D eigenvalue weighted by Gasteiger charge is -2.38. The number of methoxy groups -OCH3 is 1. The number of likely N-dealkylation sites (tertiary alicyclic amines) is 1. The Labute approximate surface area is 146 Å². The van der Waals surface area contributed by atoms with Crippen molar-refractivity contribution in [2.75, 3.05) is 26.8 Å². The minimum atomic E-state index is -3.45. The third kappa shape index (κ3) is 3.76. The Morgan fingerprint density at radius 3 is 2.28 bits per heavy atom. The van der Waals surface area contributed by atoms with E-state index in [0.29, 0.717) is 11.5 Å². The largest absolute Gasteiger partial charge is 0.497 e. The van der Waals surface area contributed by atoms with Crippen molar-refractivity contribution in [3.8, 4) is 11.5 Å². The van der Waals surface area contributed by atoms with E-state index in [0.717, 1.165) is 0 Å². The summed E-state index contributed by atoms with van der Waals surface area (Å²) in [4.78, 5) is 13.8. The number of ether oxygens (including phenoxy) is 2. The van der Waals surface area contributed by atoms with Crippen LogP contribution < -0.4 is 9.47 Å². The van der Waals surface area contributed by atoms with Gasteiger partial charge >= 0.3 is 0 Å². The summed E-state index contributed by atoms with van der Waals surface area (Å²) in [7, 11) is -1.93. The summed E-state index contributed by atoms with van der Waals surface area (Å²) in [5, 5.41) is -0.582. The molecule has 1 heterocycles. The van der Waals surface area contributed by atoms with Gasteiger partial charge in [0.15, 0.2) is 16.4 Å². The summed E-state index contributed by atoms with van der Waals surface area (Å²) in [6.07, 6.45) is 0. The van der Waals surface area contributed by atoms with Gasteiger partial charge in [-0.2, -0.15) is 0 Å². The number of rotatable bonds is 6. The van der Waals surface area contributed by atoms with Crippen molar-refractivity contribution in [2.24, 2.45) is 0 Å². The van der Waals surface area contributed by atoms with Crippen LogP contribution in [0, 0.1) is 0 Å². The molecule has 2 aromatic carbocycles. The predicted octanol–water partition coefficient (Wildman–Crippen LogP) is 1.76. The van der Waals surface area contributed by atoms with Crippen molar-refractivity contribution in [1.29, 1.82) is 0 Å². The molecule has 1 fully saturated rings. The average molecular weight is 361 g/mol. The van der Waals surface area contributed by atoms with Gasteiger partial charge in [0.25, 0.3) is 5.91 Å². The summed E-state index contributed by atoms with van der Waals surface area (Å²) in [6, 6.07) is 15.3. The van der Waals surface area contributed by atoms with Gasteiger partial charge in [0, 0.05) is 13.1 Å². The third-order valence-electron chi connectivity index (χ3n) is 4.13. The van der Waals surface area contributed by atoms with Crippen LogP contribution in [0.3, 0.4) is 0 Å². The van der Waals surface area contributed by atoms with Crippen molar-refractivity contribution < 1.29 is 22.7 Å². The highest BCUT2D eigenvalue weighted by molar-refractivity contribution is 7.92. The number of sulfone groups is 1. The van der Waals surface area contributed by atoms with Crippen molar-refractivity contribution in [3.05, 3.63) is 54.6 Å². The minimum absolute atomic E-state index is 0.0979. The fraction of sp³-hybridized carbons (Fsp3) is 0.278. The lowest BCUT2D eigenvalue weighted by Crippen LogP contribution is -2.57. The number of hydrogen-bond acceptors (Lipinski definition) is 5. The summed E-state index contributed by atoms with van der Waals surface area (Å²) >= 11 is 0. The highest BCUT2D eigenvalue weighted by atomic mass is 32.2. The SMILES string of the molecule is COc1ccc(S(=O)(=O)C2CN(C(=O)COc3ccccc3)C2)cc1. The molecular formula is C18H19NO5S. The van der Waals surface area contributed by atoms with E-state index in [1.165, 1.54) is 24.1 Å². The maximum absolute atomic E-state index is 12.6. The third-order valence-corrected chi connectivity index (χ3v) is 6.24. The van der Waals surface area contributed by atoms with Crippen LogP contribution in [0.2, 0.25) is 0 Å². The monoisotopic (exact) mass is 361 g/mol. The topological polar surface area (TPSA) is 72.9 Å². The molecule has 3 rings (SSSR count). The van der Waals surface area contributed by atoms with Gasteiger partial charge in [-0.1, -0.05) is 18.2 Å². The summed E-state index contributed by atoms with van der Waals surface area (Å²) in [6.45, 7) is 0.274. The second-order valence-electron chi connectivity index (χ2n) is 5.74. The number of benzene rings is 2. The number of carbonyl (C=O) groups is 1. The van der Waals surface area contributed by atoms with Gasteiger partial charge in [0.1, 0.15) is 16.7 Å². The molecule has 7 heteroatoms. The molecule has 2 aromatic rings. The van der Waals surface area contributed by atoms with Crippen LogP contribution in [-0.2, 0) is 14.6 Å². The van der Waals surface area contributed by atoms with E-state index < -0.39 is 15.1 Å². The number of hydrogen-bond donors (Lipinski definition) is 0. The highest BCUT2D eigenvalue weighted by Gasteiger charge is 2.40. The quantitative estimate of drug-likeness (QED) is 0.784. The van der Waals surface area contributed by atoms with Crippen molar-refractivity contribution >= 4 is 15.7 Å². The fourth-order valence-corrected chi connectivity index (χ4v) is 4.20. The molecule has 1 aliphatic rings. The molecule has 0 bridgehead atoms. The first kappa shape index (κ1) is 17.3. The zero-order valence-corrected chi connectivity index (χ0v) is 14.6. The maximum Gasteiger partial charge on any atom is 0.260 e. The molecular weight excluding hydrogens is 342 g/mol. The minimum Gasteiger partial charge on any atom is -0.497 e. The second kappa shape index (κ2) is 7.14. The summed E-state index contributed by atoms with van der Waals surface area (Å²) in [5.74, 6) is 0.992. The number of amides is 1. The molecule has 1 amide bonds. The van der Waals surface area contributed by atoms with Gasteiger partial charge in [-0.15, -0.1) is 0 Å². The Balaban J connectivity index is 1.54. The fourth-order valence-electron chi connectivity index (χ4n) is 2.55. The van der Waals surface area contributed by atoms with Gasteiger partial charge in [0.05, 0.1) is 12.0 Å². The molecule has 0 radical (unpaired) electrons. The number of para-hydroxylation sites is 1. The Bertz CT molecular complexity index is 828. The Morgan fingerprint density at radius 1 is 1.04 bits per heavy atom. The first-order valence-corrected chi connectivity index (χ1v) is 9.39. The number of nitrogens with zero attached hydrogens (tertiary/aromatic N) is 1. The first-order valence-electron chi connectivity index (χ1n) is 7.84. The van der Waals surface area contributed by atoms with Crippen molar-refractivity contribution in [3.63, 3.8) is 0 Å². The van der Waals surface area contributed by atoms with Gasteiger partial charge in [-0.05, 0) is 36.4 Å². The van der Waals surface area contributed by atoms with Crippen LogP contribution in [0.4, 0.5) is 0 Å². The van der Waals surface area contributed by atoms with Crippen LogP contribution in [0.1, 0.15) is 0 Å². The van der Waals surface area contributed by atoms with E-state index in [-0.39, 0.29) is 30.5 Å². The highest BCUT2D eigenvalue weighted by Crippen LogP contribution is 2.25. The lowest BCUT2D eigenvalue weighted by atomic mass is 10.2.